The van der Waals surface area contributed by atoms with Crippen molar-refractivity contribution in [1.29, 1.82) is 0 Å². The normalized spacial score (nSPS) is 12.4. The highest BCUT2D eigenvalue weighted by Crippen LogP contribution is 2.20. The van der Waals surface area contributed by atoms with Crippen LogP contribution in [0, 0.1) is 0 Å². The minimum absolute atomic E-state index is 0.330. The highest BCUT2D eigenvalue weighted by Gasteiger charge is 2.31. The van der Waals surface area contributed by atoms with Crippen molar-refractivity contribution in [3.63, 3.8) is 0 Å². The zero-order chi connectivity index (χ0) is 19.7. The second kappa shape index (κ2) is 10.1. The summed E-state index contributed by atoms with van der Waals surface area (Å²) in [5.41, 5.74) is 1.04. The number of carbonyl (C=O) groups is 1. The molecule has 5 heteroatoms. The van der Waals surface area contributed by atoms with Crippen LogP contribution in [0.4, 0.5) is 0 Å². The van der Waals surface area contributed by atoms with Gasteiger partial charge >= 0.3 is 5.97 Å². The van der Waals surface area contributed by atoms with Crippen molar-refractivity contribution >= 4 is 5.97 Å². The van der Waals surface area contributed by atoms with Crippen LogP contribution in [0.15, 0.2) is 54.6 Å². The van der Waals surface area contributed by atoms with Gasteiger partial charge in [0, 0.05) is 6.54 Å². The lowest BCUT2D eigenvalue weighted by atomic mass is 10.1. The van der Waals surface area contributed by atoms with Crippen LogP contribution in [0.5, 0.6) is 5.75 Å². The van der Waals surface area contributed by atoms with E-state index in [4.69, 9.17) is 9.47 Å². The largest absolute Gasteiger partial charge is 0.476 e. The van der Waals surface area contributed by atoms with E-state index < -0.39 is 11.7 Å². The Balaban J connectivity index is 1.76. The third kappa shape index (κ3) is 6.70. The van der Waals surface area contributed by atoms with Gasteiger partial charge in [0.05, 0.1) is 12.7 Å². The summed E-state index contributed by atoms with van der Waals surface area (Å²) in [5, 5.41) is 13.4. The van der Waals surface area contributed by atoms with Crippen LogP contribution in [0.3, 0.4) is 0 Å². The Morgan fingerprint density at radius 1 is 1.11 bits per heavy atom. The molecule has 2 aromatic rings. The number of nitrogens with one attached hydrogen (secondary N) is 1. The molecule has 1 unspecified atom stereocenters. The number of carbonyl (C=O) groups excluding carboxylic acids is 1. The van der Waals surface area contributed by atoms with Crippen LogP contribution < -0.4 is 10.1 Å². The standard InChI is InChI=1S/C22H29NO4/c1-4-26-21(25)22(2,3)27-19-12-10-17(11-13-19)14-15-23-16-20(24)18-8-6-5-7-9-18/h5-13,20,23-24H,4,14-16H2,1-3H3. The summed E-state index contributed by atoms with van der Waals surface area (Å²) >= 11 is 0. The van der Waals surface area contributed by atoms with Gasteiger partial charge in [-0.15, -0.1) is 0 Å². The number of aliphatic hydroxyl groups is 1. The summed E-state index contributed by atoms with van der Waals surface area (Å²) < 4.78 is 10.8. The van der Waals surface area contributed by atoms with Gasteiger partial charge in [0.15, 0.2) is 5.60 Å². The van der Waals surface area contributed by atoms with E-state index in [0.29, 0.717) is 18.9 Å². The fraction of sp³-hybridized carbons (Fsp3) is 0.409. The van der Waals surface area contributed by atoms with Crippen LogP contribution in [-0.2, 0) is 16.0 Å². The van der Waals surface area contributed by atoms with Crippen LogP contribution >= 0.6 is 0 Å². The van der Waals surface area contributed by atoms with Gasteiger partial charge in [0.25, 0.3) is 0 Å². The summed E-state index contributed by atoms with van der Waals surface area (Å²) in [4.78, 5) is 11.9. The highest BCUT2D eigenvalue weighted by molar-refractivity contribution is 5.79. The molecule has 2 aromatic carbocycles. The summed E-state index contributed by atoms with van der Waals surface area (Å²) in [7, 11) is 0. The molecular weight excluding hydrogens is 342 g/mol. The number of rotatable bonds is 10. The maximum absolute atomic E-state index is 11.9. The van der Waals surface area contributed by atoms with E-state index in [1.165, 1.54) is 0 Å². The highest BCUT2D eigenvalue weighted by atomic mass is 16.6. The van der Waals surface area contributed by atoms with Crippen molar-refractivity contribution in [3.8, 4) is 5.75 Å². The van der Waals surface area contributed by atoms with Gasteiger partial charge in [-0.05, 0) is 57.0 Å². The van der Waals surface area contributed by atoms with Crippen molar-refractivity contribution in [2.75, 3.05) is 19.7 Å². The Morgan fingerprint density at radius 2 is 1.78 bits per heavy atom. The third-order valence-corrected chi connectivity index (χ3v) is 4.18. The number of ether oxygens (including phenoxy) is 2. The van der Waals surface area contributed by atoms with E-state index in [0.717, 1.165) is 24.1 Å². The van der Waals surface area contributed by atoms with Crippen LogP contribution in [0.2, 0.25) is 0 Å². The van der Waals surface area contributed by atoms with Gasteiger partial charge in [-0.25, -0.2) is 4.79 Å². The molecule has 27 heavy (non-hydrogen) atoms. The second-order valence-electron chi connectivity index (χ2n) is 6.86. The van der Waals surface area contributed by atoms with E-state index in [2.05, 4.69) is 5.32 Å². The SMILES string of the molecule is CCOC(=O)C(C)(C)Oc1ccc(CCNCC(O)c2ccccc2)cc1. The Bertz CT molecular complexity index is 698. The number of aliphatic hydroxyl groups excluding tert-OH is 1. The number of hydrogen-bond acceptors (Lipinski definition) is 5. The molecule has 0 amide bonds. The predicted octanol–water partition coefficient (Wildman–Crippen LogP) is 3.27. The third-order valence-electron chi connectivity index (χ3n) is 4.18. The Morgan fingerprint density at radius 3 is 2.41 bits per heavy atom. The summed E-state index contributed by atoms with van der Waals surface area (Å²) in [6.07, 6.45) is 0.329. The Kier molecular flexibility index (Phi) is 7.82. The maximum Gasteiger partial charge on any atom is 0.349 e. The lowest BCUT2D eigenvalue weighted by Crippen LogP contribution is -2.39. The van der Waals surface area contributed by atoms with Gasteiger partial charge in [0.1, 0.15) is 5.75 Å². The molecule has 0 heterocycles. The van der Waals surface area contributed by atoms with E-state index in [9.17, 15) is 9.90 Å². The first-order valence-electron chi connectivity index (χ1n) is 9.31. The molecule has 0 aliphatic heterocycles. The monoisotopic (exact) mass is 371 g/mol. The molecule has 1 atom stereocenters. The zero-order valence-electron chi connectivity index (χ0n) is 16.3. The predicted molar refractivity (Wildman–Crippen MR) is 106 cm³/mol. The summed E-state index contributed by atoms with van der Waals surface area (Å²) in [6, 6.07) is 17.3. The number of hydrogen-bond donors (Lipinski definition) is 2. The van der Waals surface area contributed by atoms with Crippen molar-refractivity contribution < 1.29 is 19.4 Å². The minimum atomic E-state index is -1.02. The van der Waals surface area contributed by atoms with Crippen LogP contribution in [0.1, 0.15) is 38.0 Å². The first-order chi connectivity index (χ1) is 12.9. The zero-order valence-corrected chi connectivity index (χ0v) is 16.3. The van der Waals surface area contributed by atoms with Crippen molar-refractivity contribution in [2.45, 2.75) is 38.9 Å². The molecule has 2 N–H and O–H groups in total. The molecule has 2 rings (SSSR count). The molecule has 0 spiro atoms. The van der Waals surface area contributed by atoms with Crippen LogP contribution in [0.25, 0.3) is 0 Å². The van der Waals surface area contributed by atoms with E-state index in [-0.39, 0.29) is 5.97 Å². The molecule has 5 nitrogen and oxygen atoms in total. The first kappa shape index (κ1) is 20.9. The quantitative estimate of drug-likeness (QED) is 0.496. The molecule has 0 aliphatic rings. The summed E-state index contributed by atoms with van der Waals surface area (Å²) in [6.45, 7) is 6.77. The van der Waals surface area contributed by atoms with E-state index >= 15 is 0 Å². The number of benzene rings is 2. The van der Waals surface area contributed by atoms with Gasteiger partial charge < -0.3 is 19.9 Å². The molecule has 0 aliphatic carbocycles. The van der Waals surface area contributed by atoms with E-state index in [1.54, 1.807) is 20.8 Å². The van der Waals surface area contributed by atoms with E-state index in [1.807, 2.05) is 54.6 Å². The Labute approximate surface area is 161 Å². The average molecular weight is 371 g/mol. The van der Waals surface area contributed by atoms with Crippen LogP contribution in [-0.4, -0.2) is 36.4 Å². The topological polar surface area (TPSA) is 67.8 Å². The molecule has 0 radical (unpaired) electrons. The lowest BCUT2D eigenvalue weighted by molar-refractivity contribution is -0.158. The van der Waals surface area contributed by atoms with Crippen molar-refractivity contribution in [1.82, 2.24) is 5.32 Å². The smallest absolute Gasteiger partial charge is 0.349 e. The molecule has 146 valence electrons. The molecule has 0 bridgehead atoms. The minimum Gasteiger partial charge on any atom is -0.476 e. The van der Waals surface area contributed by atoms with Gasteiger partial charge in [-0.3, -0.25) is 0 Å². The first-order valence-corrected chi connectivity index (χ1v) is 9.31. The second-order valence-corrected chi connectivity index (χ2v) is 6.86. The lowest BCUT2D eigenvalue weighted by Gasteiger charge is -2.24. The molecule has 0 aromatic heterocycles. The maximum atomic E-state index is 11.9. The summed E-state index contributed by atoms with van der Waals surface area (Å²) in [5.74, 6) is 0.250. The van der Waals surface area contributed by atoms with Gasteiger partial charge in [-0.2, -0.15) is 0 Å². The fourth-order valence-electron chi connectivity index (χ4n) is 2.63. The molecule has 0 saturated heterocycles. The van der Waals surface area contributed by atoms with Gasteiger partial charge in [0.2, 0.25) is 0 Å². The van der Waals surface area contributed by atoms with Crippen molar-refractivity contribution in [2.24, 2.45) is 0 Å². The molecule has 0 fully saturated rings. The molecular formula is C22H29NO4. The molecule has 0 saturated carbocycles. The Hall–Kier alpha value is -2.37. The number of esters is 1. The average Bonchev–Trinajstić information content (AvgIpc) is 2.67. The fourth-order valence-corrected chi connectivity index (χ4v) is 2.63. The van der Waals surface area contributed by atoms with Gasteiger partial charge in [-0.1, -0.05) is 42.5 Å². The van der Waals surface area contributed by atoms with Crippen molar-refractivity contribution in [3.05, 3.63) is 65.7 Å².